The number of hydrogen-bond acceptors (Lipinski definition) is 2. The first-order chi connectivity index (χ1) is 22.8. The molecule has 8 aromatic rings. The summed E-state index contributed by atoms with van der Waals surface area (Å²) in [6.45, 7) is 0. The molecule has 0 spiro atoms. The molecule has 216 valence electrons. The number of para-hydroxylation sites is 2. The number of oxazole rings is 1. The largest absolute Gasteiger partial charge is 0.436 e. The lowest BCUT2D eigenvalue weighted by atomic mass is 9.67. The van der Waals surface area contributed by atoms with Gasteiger partial charge in [-0.15, -0.1) is 0 Å². The molecule has 1 atom stereocenters. The summed E-state index contributed by atoms with van der Waals surface area (Å²) in [5.41, 5.74) is 14.3. The van der Waals surface area contributed by atoms with E-state index in [4.69, 9.17) is 9.40 Å². The van der Waals surface area contributed by atoms with Gasteiger partial charge in [0.2, 0.25) is 5.89 Å². The van der Waals surface area contributed by atoms with E-state index in [1.54, 1.807) is 0 Å². The Kier molecular flexibility index (Phi) is 6.07. The van der Waals surface area contributed by atoms with Gasteiger partial charge in [-0.3, -0.25) is 0 Å². The molecule has 0 amide bonds. The Morgan fingerprint density at radius 3 is 1.67 bits per heavy atom. The van der Waals surface area contributed by atoms with E-state index in [-0.39, 0.29) is 0 Å². The minimum Gasteiger partial charge on any atom is -0.436 e. The smallest absolute Gasteiger partial charge is 0.227 e. The van der Waals surface area contributed by atoms with E-state index < -0.39 is 5.41 Å². The maximum Gasteiger partial charge on any atom is 0.227 e. The standard InChI is InChI=1S/C44H29NO/c1-4-14-30(15-5-1)33-26-34(31-16-6-2-7-17-31)28-36(27-33)44(35-18-8-3-9-19-35)39-21-11-10-20-37(39)38-29-32(24-25-40(38)44)43-45-41-22-12-13-23-42(41)46-43/h1-29H. The summed E-state index contributed by atoms with van der Waals surface area (Å²) in [4.78, 5) is 4.84. The second-order valence-electron chi connectivity index (χ2n) is 11.9. The summed E-state index contributed by atoms with van der Waals surface area (Å²) >= 11 is 0. The van der Waals surface area contributed by atoms with Gasteiger partial charge in [0.05, 0.1) is 5.41 Å². The van der Waals surface area contributed by atoms with Gasteiger partial charge < -0.3 is 4.42 Å². The minimum absolute atomic E-state index is 0.540. The fraction of sp³-hybridized carbons (Fsp3) is 0.0227. The third-order valence-electron chi connectivity index (χ3n) is 9.37. The molecule has 1 unspecified atom stereocenters. The second kappa shape index (κ2) is 10.6. The third kappa shape index (κ3) is 4.08. The first-order valence-electron chi connectivity index (χ1n) is 15.7. The molecule has 0 fully saturated rings. The molecule has 0 bridgehead atoms. The van der Waals surface area contributed by atoms with E-state index in [1.165, 1.54) is 55.6 Å². The highest BCUT2D eigenvalue weighted by Gasteiger charge is 2.46. The normalized spacial score (nSPS) is 15.0. The van der Waals surface area contributed by atoms with Gasteiger partial charge in [-0.25, -0.2) is 4.98 Å². The van der Waals surface area contributed by atoms with Crippen LogP contribution in [0.15, 0.2) is 180 Å². The van der Waals surface area contributed by atoms with E-state index in [0.717, 1.165) is 16.7 Å². The van der Waals surface area contributed by atoms with Crippen LogP contribution >= 0.6 is 0 Å². The summed E-state index contributed by atoms with van der Waals surface area (Å²) in [5.74, 6) is 0.635. The number of aromatic nitrogens is 1. The Morgan fingerprint density at radius 1 is 0.391 bits per heavy atom. The maximum atomic E-state index is 6.24. The quantitative estimate of drug-likeness (QED) is 0.200. The van der Waals surface area contributed by atoms with Crippen molar-refractivity contribution in [1.29, 1.82) is 0 Å². The highest BCUT2D eigenvalue weighted by atomic mass is 16.3. The Morgan fingerprint density at radius 2 is 0.978 bits per heavy atom. The van der Waals surface area contributed by atoms with Crippen molar-refractivity contribution in [3.05, 3.63) is 198 Å². The molecule has 0 aliphatic heterocycles. The highest BCUT2D eigenvalue weighted by Crippen LogP contribution is 2.57. The molecule has 0 saturated heterocycles. The zero-order valence-electron chi connectivity index (χ0n) is 25.1. The monoisotopic (exact) mass is 587 g/mol. The van der Waals surface area contributed by atoms with E-state index in [9.17, 15) is 0 Å². The molecular weight excluding hydrogens is 558 g/mol. The molecule has 7 aromatic carbocycles. The SMILES string of the molecule is c1ccc(-c2cc(-c3ccccc3)cc(C3(c4ccccc4)c4ccccc4-c4cc(-c5nc6ccccc6o5)ccc43)c2)cc1. The number of fused-ring (bicyclic) bond motifs is 4. The van der Waals surface area contributed by atoms with Gasteiger partial charge in [0, 0.05) is 5.56 Å². The molecule has 1 aliphatic carbocycles. The summed E-state index contributed by atoms with van der Waals surface area (Å²) in [6, 6.07) is 63.1. The lowest BCUT2D eigenvalue weighted by molar-refractivity contribution is 0.620. The predicted molar refractivity (Wildman–Crippen MR) is 188 cm³/mol. The number of hydrogen-bond donors (Lipinski definition) is 0. The van der Waals surface area contributed by atoms with Gasteiger partial charge in [0.25, 0.3) is 0 Å². The first-order valence-corrected chi connectivity index (χ1v) is 15.7. The van der Waals surface area contributed by atoms with Gasteiger partial charge in [-0.2, -0.15) is 0 Å². The third-order valence-corrected chi connectivity index (χ3v) is 9.37. The van der Waals surface area contributed by atoms with Crippen LogP contribution in [0.1, 0.15) is 22.3 Å². The summed E-state index contributed by atoms with van der Waals surface area (Å²) in [7, 11) is 0. The van der Waals surface area contributed by atoms with Crippen molar-refractivity contribution < 1.29 is 4.42 Å². The lowest BCUT2D eigenvalue weighted by Gasteiger charge is -2.34. The van der Waals surface area contributed by atoms with Crippen molar-refractivity contribution in [2.45, 2.75) is 5.41 Å². The lowest BCUT2D eigenvalue weighted by Crippen LogP contribution is -2.28. The van der Waals surface area contributed by atoms with Crippen molar-refractivity contribution in [2.24, 2.45) is 0 Å². The first kappa shape index (κ1) is 26.4. The van der Waals surface area contributed by atoms with Crippen LogP contribution in [0, 0.1) is 0 Å². The predicted octanol–water partition coefficient (Wildman–Crippen LogP) is 11.2. The highest BCUT2D eigenvalue weighted by molar-refractivity contribution is 5.90. The number of nitrogens with zero attached hydrogens (tertiary/aromatic N) is 1. The summed E-state index contributed by atoms with van der Waals surface area (Å²) in [6.07, 6.45) is 0. The average molecular weight is 588 g/mol. The molecule has 1 heterocycles. The zero-order chi connectivity index (χ0) is 30.5. The fourth-order valence-electron chi connectivity index (χ4n) is 7.33. The minimum atomic E-state index is -0.540. The van der Waals surface area contributed by atoms with Crippen molar-refractivity contribution in [3.8, 4) is 44.8 Å². The molecule has 2 heteroatoms. The van der Waals surface area contributed by atoms with E-state index in [2.05, 4.69) is 152 Å². The Hall–Kier alpha value is -5.99. The molecular formula is C44H29NO. The van der Waals surface area contributed by atoms with Crippen LogP contribution in [0.4, 0.5) is 0 Å². The van der Waals surface area contributed by atoms with Crippen LogP contribution < -0.4 is 0 Å². The number of rotatable bonds is 5. The second-order valence-corrected chi connectivity index (χ2v) is 11.9. The van der Waals surface area contributed by atoms with Crippen molar-refractivity contribution in [1.82, 2.24) is 4.98 Å². The molecule has 0 saturated carbocycles. The maximum absolute atomic E-state index is 6.24. The fourth-order valence-corrected chi connectivity index (χ4v) is 7.33. The molecule has 46 heavy (non-hydrogen) atoms. The van der Waals surface area contributed by atoms with Crippen LogP contribution in [0.3, 0.4) is 0 Å². The van der Waals surface area contributed by atoms with Gasteiger partial charge >= 0.3 is 0 Å². The molecule has 9 rings (SSSR count). The van der Waals surface area contributed by atoms with Crippen LogP contribution in [-0.2, 0) is 5.41 Å². The summed E-state index contributed by atoms with van der Waals surface area (Å²) < 4.78 is 6.24. The topological polar surface area (TPSA) is 26.0 Å². The Balaban J connectivity index is 1.36. The molecule has 1 aromatic heterocycles. The zero-order valence-corrected chi connectivity index (χ0v) is 25.1. The van der Waals surface area contributed by atoms with Crippen molar-refractivity contribution >= 4 is 11.1 Å². The Labute approximate surface area is 268 Å². The number of benzene rings is 7. The van der Waals surface area contributed by atoms with Crippen molar-refractivity contribution in [2.75, 3.05) is 0 Å². The van der Waals surface area contributed by atoms with E-state index >= 15 is 0 Å². The van der Waals surface area contributed by atoms with E-state index in [1.807, 2.05) is 24.3 Å². The van der Waals surface area contributed by atoms with Crippen LogP contribution in [-0.4, -0.2) is 4.98 Å². The van der Waals surface area contributed by atoms with Gasteiger partial charge in [-0.1, -0.05) is 133 Å². The van der Waals surface area contributed by atoms with Gasteiger partial charge in [0.15, 0.2) is 5.58 Å². The van der Waals surface area contributed by atoms with Crippen molar-refractivity contribution in [3.63, 3.8) is 0 Å². The van der Waals surface area contributed by atoms with E-state index in [0.29, 0.717) is 5.89 Å². The average Bonchev–Trinajstić information content (AvgIpc) is 3.70. The van der Waals surface area contributed by atoms with Crippen LogP contribution in [0.2, 0.25) is 0 Å². The van der Waals surface area contributed by atoms with Gasteiger partial charge in [0.1, 0.15) is 5.52 Å². The summed E-state index contributed by atoms with van der Waals surface area (Å²) in [5, 5.41) is 0. The van der Waals surface area contributed by atoms with Gasteiger partial charge in [-0.05, 0) is 98.1 Å². The Bertz CT molecular complexity index is 2270. The molecule has 1 aliphatic rings. The molecule has 2 nitrogen and oxygen atoms in total. The van der Waals surface area contributed by atoms with Crippen LogP contribution in [0.25, 0.3) is 55.9 Å². The molecule has 0 N–H and O–H groups in total. The van der Waals surface area contributed by atoms with Crippen LogP contribution in [0.5, 0.6) is 0 Å². The molecule has 0 radical (unpaired) electrons.